The van der Waals surface area contributed by atoms with Gasteiger partial charge in [0.15, 0.2) is 11.4 Å². The molecule has 1 aliphatic heterocycles. The molecule has 4 nitrogen and oxygen atoms in total. The summed E-state index contributed by atoms with van der Waals surface area (Å²) in [5, 5.41) is -0.517. The Labute approximate surface area is 102 Å². The lowest BCUT2D eigenvalue weighted by molar-refractivity contribution is -0.131. The van der Waals surface area contributed by atoms with Gasteiger partial charge in [-0.05, 0) is 39.7 Å². The lowest BCUT2D eigenvalue weighted by atomic mass is 9.95. The fourth-order valence-electron chi connectivity index (χ4n) is 2.18. The third-order valence-corrected chi connectivity index (χ3v) is 7.37. The van der Waals surface area contributed by atoms with Gasteiger partial charge in [0.2, 0.25) is 0 Å². The van der Waals surface area contributed by atoms with Crippen molar-refractivity contribution in [2.45, 2.75) is 45.3 Å². The topological polar surface area (TPSA) is 60.4 Å². The lowest BCUT2D eigenvalue weighted by Crippen LogP contribution is -2.62. The van der Waals surface area contributed by atoms with Crippen LogP contribution in [-0.4, -0.2) is 30.5 Å². The van der Waals surface area contributed by atoms with Crippen LogP contribution in [-0.2, 0) is 18.8 Å². The number of Topliss-reactive ketones (excluding diaryl/α,β-unsaturated/α-hetero) is 1. The van der Waals surface area contributed by atoms with E-state index in [0.29, 0.717) is 18.9 Å². The summed E-state index contributed by atoms with van der Waals surface area (Å²) in [6, 6.07) is 0.425. The summed E-state index contributed by atoms with van der Waals surface area (Å²) in [4.78, 5) is 35.1. The van der Waals surface area contributed by atoms with Crippen LogP contribution >= 0.6 is 0 Å². The van der Waals surface area contributed by atoms with Crippen molar-refractivity contribution < 1.29 is 18.8 Å². The summed E-state index contributed by atoms with van der Waals surface area (Å²) in [7, 11) is -3.20. The van der Waals surface area contributed by atoms with Gasteiger partial charge in [0.25, 0.3) is 0 Å². The highest BCUT2D eigenvalue weighted by Crippen LogP contribution is 2.35. The molecule has 1 aliphatic rings. The molecule has 0 aromatic carbocycles. The summed E-state index contributed by atoms with van der Waals surface area (Å²) < 4.78 is 5.65. The molecule has 92 valence electrons. The van der Waals surface area contributed by atoms with Crippen LogP contribution in [0.1, 0.15) is 33.6 Å². The van der Waals surface area contributed by atoms with Crippen molar-refractivity contribution in [3.8, 4) is 12.3 Å². The zero-order chi connectivity index (χ0) is 13.3. The first kappa shape index (κ1) is 13.8. The van der Waals surface area contributed by atoms with E-state index in [-0.39, 0.29) is 16.6 Å². The fraction of sp³-hybridized carbons (Fsp3) is 0.583. The van der Waals surface area contributed by atoms with Crippen LogP contribution < -0.4 is 0 Å². The Hall–Kier alpha value is -1.25. The maximum absolute atomic E-state index is 11.7. The minimum Gasteiger partial charge on any atom is -0.381 e. The van der Waals surface area contributed by atoms with Gasteiger partial charge < -0.3 is 14.0 Å². The summed E-state index contributed by atoms with van der Waals surface area (Å²) in [6.07, 6.45) is 6.33. The Morgan fingerprint density at radius 1 is 1.24 bits per heavy atom. The average Bonchev–Trinajstić information content (AvgIpc) is 2.28. The molecule has 1 fully saturated rings. The van der Waals surface area contributed by atoms with Crippen LogP contribution in [0.2, 0.25) is 6.04 Å². The summed E-state index contributed by atoms with van der Waals surface area (Å²) in [5.74, 6) is 2.03. The number of ketones is 1. The van der Waals surface area contributed by atoms with Gasteiger partial charge in [-0.3, -0.25) is 4.79 Å². The van der Waals surface area contributed by atoms with Gasteiger partial charge >= 0.3 is 8.32 Å². The lowest BCUT2D eigenvalue weighted by Gasteiger charge is -2.40. The van der Waals surface area contributed by atoms with Gasteiger partial charge in [0, 0.05) is 0 Å². The van der Waals surface area contributed by atoms with Crippen LogP contribution in [0.15, 0.2) is 0 Å². The van der Waals surface area contributed by atoms with Gasteiger partial charge in [-0.1, -0.05) is 5.92 Å². The van der Waals surface area contributed by atoms with Crippen molar-refractivity contribution in [2.24, 2.45) is 0 Å². The second kappa shape index (κ2) is 4.55. The Bertz CT molecular complexity index is 407. The van der Waals surface area contributed by atoms with E-state index in [4.69, 9.17) is 10.8 Å². The monoisotopic (exact) mass is 252 g/mol. The molecule has 0 aromatic heterocycles. The maximum atomic E-state index is 11.7. The van der Waals surface area contributed by atoms with E-state index < -0.39 is 13.9 Å². The maximum Gasteiger partial charge on any atom is 0.335 e. The second-order valence-electron chi connectivity index (χ2n) is 4.42. The second-order valence-corrected chi connectivity index (χ2v) is 8.19. The predicted molar refractivity (Wildman–Crippen MR) is 64.5 cm³/mol. The van der Waals surface area contributed by atoms with Crippen molar-refractivity contribution in [1.29, 1.82) is 0 Å². The third kappa shape index (κ3) is 2.10. The largest absolute Gasteiger partial charge is 0.381 e. The summed E-state index contributed by atoms with van der Waals surface area (Å²) >= 11 is 0. The molecule has 1 unspecified atom stereocenters. The van der Waals surface area contributed by atoms with Crippen LogP contribution in [0.5, 0.6) is 0 Å². The van der Waals surface area contributed by atoms with Crippen LogP contribution in [0.4, 0.5) is 0 Å². The molecule has 0 spiro atoms. The molecular weight excluding hydrogens is 236 g/mol. The molecule has 1 rings (SSSR count). The highest BCUT2D eigenvalue weighted by Gasteiger charge is 2.56. The molecule has 0 amide bonds. The van der Waals surface area contributed by atoms with Crippen LogP contribution in [0.3, 0.4) is 0 Å². The molecule has 0 radical (unpaired) electrons. The molecule has 5 heteroatoms. The molecular formula is C12H16O4Si. The Morgan fingerprint density at radius 3 is 2.12 bits per heavy atom. The smallest absolute Gasteiger partial charge is 0.335 e. The van der Waals surface area contributed by atoms with Gasteiger partial charge in [-0.25, -0.2) is 0 Å². The summed E-state index contributed by atoms with van der Waals surface area (Å²) in [6.45, 7) is 4.03. The zero-order valence-corrected chi connectivity index (χ0v) is 11.3. The molecule has 0 saturated carbocycles. The number of hydrogen-bond acceptors (Lipinski definition) is 4. The molecule has 17 heavy (non-hydrogen) atoms. The van der Waals surface area contributed by atoms with E-state index in [1.165, 1.54) is 20.8 Å². The van der Waals surface area contributed by atoms with Gasteiger partial charge in [-0.15, -0.1) is 6.42 Å². The van der Waals surface area contributed by atoms with Crippen molar-refractivity contribution >= 4 is 24.9 Å². The quantitative estimate of drug-likeness (QED) is 0.554. The van der Waals surface area contributed by atoms with Crippen LogP contribution in [0.25, 0.3) is 0 Å². The SMILES string of the molecule is C#CC1(C(C)=O)CCC[Si](C(C)=O)(C(C)=O)O1. The van der Waals surface area contributed by atoms with E-state index in [0.717, 1.165) is 0 Å². The minimum atomic E-state index is -3.20. The van der Waals surface area contributed by atoms with E-state index in [2.05, 4.69) is 5.92 Å². The molecule has 0 bridgehead atoms. The summed E-state index contributed by atoms with van der Waals surface area (Å²) in [5.41, 5.74) is -1.37. The third-order valence-electron chi connectivity index (χ3n) is 3.35. The first-order chi connectivity index (χ1) is 7.81. The van der Waals surface area contributed by atoms with E-state index >= 15 is 0 Å². The van der Waals surface area contributed by atoms with Crippen molar-refractivity contribution in [3.05, 3.63) is 0 Å². The number of carbonyl (C=O) groups is 3. The number of terminal acetylenes is 1. The number of carbonyl (C=O) groups excluding carboxylic acids is 3. The molecule has 0 aromatic rings. The first-order valence-electron chi connectivity index (χ1n) is 5.52. The number of hydrogen-bond donors (Lipinski definition) is 0. The molecule has 0 aliphatic carbocycles. The predicted octanol–water partition coefficient (Wildman–Crippen LogP) is 0.960. The standard InChI is InChI=1S/C12H16O4Si/c1-5-12(9(2)13)7-6-8-17(16-12,10(3)14)11(4)15/h1H,6-8H2,2-4H3. The van der Waals surface area contributed by atoms with E-state index in [1.54, 1.807) is 0 Å². The zero-order valence-electron chi connectivity index (χ0n) is 10.3. The number of rotatable bonds is 3. The Balaban J connectivity index is 3.23. The van der Waals surface area contributed by atoms with E-state index in [1.807, 2.05) is 0 Å². The molecule has 1 heterocycles. The Kier molecular flexibility index (Phi) is 3.70. The first-order valence-corrected chi connectivity index (χ1v) is 7.63. The highest BCUT2D eigenvalue weighted by atomic mass is 28.4. The van der Waals surface area contributed by atoms with Gasteiger partial charge in [-0.2, -0.15) is 0 Å². The van der Waals surface area contributed by atoms with Crippen molar-refractivity contribution in [3.63, 3.8) is 0 Å². The van der Waals surface area contributed by atoms with Gasteiger partial charge in [0.1, 0.15) is 10.8 Å². The molecule has 1 saturated heterocycles. The normalized spacial score (nSPS) is 26.9. The minimum absolute atomic E-state index is 0.259. The van der Waals surface area contributed by atoms with Crippen molar-refractivity contribution in [1.82, 2.24) is 0 Å². The molecule has 0 N–H and O–H groups in total. The van der Waals surface area contributed by atoms with E-state index in [9.17, 15) is 14.4 Å². The Morgan fingerprint density at radius 2 is 1.76 bits per heavy atom. The van der Waals surface area contributed by atoms with Crippen molar-refractivity contribution in [2.75, 3.05) is 0 Å². The average molecular weight is 252 g/mol. The van der Waals surface area contributed by atoms with Gasteiger partial charge in [0.05, 0.1) is 0 Å². The molecule has 1 atom stereocenters. The fourth-order valence-corrected chi connectivity index (χ4v) is 5.34. The highest BCUT2D eigenvalue weighted by molar-refractivity contribution is 7.21. The van der Waals surface area contributed by atoms with Crippen LogP contribution in [0, 0.1) is 12.3 Å².